The average Bonchev–Trinajstić information content (AvgIpc) is 2.60. The molecule has 1 unspecified atom stereocenters. The summed E-state index contributed by atoms with van der Waals surface area (Å²) in [5, 5.41) is 7.16. The van der Waals surface area contributed by atoms with Gasteiger partial charge in [-0.3, -0.25) is 4.99 Å². The van der Waals surface area contributed by atoms with Crippen LogP contribution in [0, 0.1) is 5.92 Å². The highest BCUT2D eigenvalue weighted by Gasteiger charge is 2.21. The second-order valence-corrected chi connectivity index (χ2v) is 7.97. The second kappa shape index (κ2) is 12.3. The number of guanidine groups is 1. The van der Waals surface area contributed by atoms with Gasteiger partial charge in [0.15, 0.2) is 5.96 Å². The molecule has 2 heterocycles. The maximum atomic E-state index is 4.42. The van der Waals surface area contributed by atoms with Gasteiger partial charge in [0.2, 0.25) is 0 Å². The molecule has 5 nitrogen and oxygen atoms in total. The van der Waals surface area contributed by atoms with Crippen LogP contribution in [0.4, 0.5) is 0 Å². The van der Waals surface area contributed by atoms with Gasteiger partial charge in [0.1, 0.15) is 0 Å². The predicted molar refractivity (Wildman–Crippen MR) is 119 cm³/mol. The van der Waals surface area contributed by atoms with Gasteiger partial charge in [-0.2, -0.15) is 0 Å². The highest BCUT2D eigenvalue weighted by molar-refractivity contribution is 14.0. The molecule has 0 saturated carbocycles. The molecule has 2 aliphatic rings. The van der Waals surface area contributed by atoms with E-state index in [0.29, 0.717) is 18.0 Å². The molecule has 0 aromatic rings. The number of halogens is 1. The topological polar surface area (TPSA) is 42.9 Å². The first-order valence-electron chi connectivity index (χ1n) is 10.0. The Kier molecular flexibility index (Phi) is 11.3. The van der Waals surface area contributed by atoms with Gasteiger partial charge in [-0.15, -0.1) is 24.0 Å². The molecule has 1 atom stereocenters. The number of aliphatic imine (C=N–C) groups is 1. The fourth-order valence-corrected chi connectivity index (χ4v) is 3.87. The van der Waals surface area contributed by atoms with Gasteiger partial charge in [0.25, 0.3) is 0 Å². The summed E-state index contributed by atoms with van der Waals surface area (Å²) in [5.74, 6) is 1.63. The van der Waals surface area contributed by atoms with E-state index in [1.165, 1.54) is 64.8 Å². The zero-order valence-corrected chi connectivity index (χ0v) is 19.1. The Hall–Kier alpha value is -0.0800. The van der Waals surface area contributed by atoms with Crippen LogP contribution < -0.4 is 10.6 Å². The number of nitrogens with one attached hydrogen (secondary N) is 2. The van der Waals surface area contributed by atoms with Crippen molar-refractivity contribution >= 4 is 29.9 Å². The molecule has 6 heteroatoms. The van der Waals surface area contributed by atoms with E-state index in [-0.39, 0.29) is 24.0 Å². The summed E-state index contributed by atoms with van der Waals surface area (Å²) >= 11 is 0. The van der Waals surface area contributed by atoms with E-state index in [4.69, 9.17) is 0 Å². The van der Waals surface area contributed by atoms with Gasteiger partial charge < -0.3 is 20.4 Å². The summed E-state index contributed by atoms with van der Waals surface area (Å²) in [7, 11) is 1.88. The predicted octanol–water partition coefficient (Wildman–Crippen LogP) is 2.76. The fourth-order valence-electron chi connectivity index (χ4n) is 3.87. The molecule has 0 aliphatic carbocycles. The Morgan fingerprint density at radius 1 is 1.04 bits per heavy atom. The maximum Gasteiger partial charge on any atom is 0.191 e. The van der Waals surface area contributed by atoms with Gasteiger partial charge in [-0.05, 0) is 58.5 Å². The van der Waals surface area contributed by atoms with Crippen LogP contribution in [0.1, 0.15) is 52.9 Å². The molecule has 0 radical (unpaired) electrons. The lowest BCUT2D eigenvalue weighted by atomic mass is 10.0. The van der Waals surface area contributed by atoms with Crippen molar-refractivity contribution in [1.82, 2.24) is 20.4 Å². The van der Waals surface area contributed by atoms with E-state index in [0.717, 1.165) is 12.5 Å². The highest BCUT2D eigenvalue weighted by Crippen LogP contribution is 2.13. The maximum absolute atomic E-state index is 4.42. The lowest BCUT2D eigenvalue weighted by Crippen LogP contribution is -2.50. The number of hydrogen-bond acceptors (Lipinski definition) is 3. The Morgan fingerprint density at radius 3 is 2.24 bits per heavy atom. The van der Waals surface area contributed by atoms with Crippen LogP contribution in [0.15, 0.2) is 4.99 Å². The first kappa shape index (κ1) is 23.0. The summed E-state index contributed by atoms with van der Waals surface area (Å²) < 4.78 is 0. The third kappa shape index (κ3) is 8.43. The van der Waals surface area contributed by atoms with Crippen LogP contribution >= 0.6 is 24.0 Å². The normalized spacial score (nSPS) is 22.5. The molecule has 0 aromatic carbocycles. The van der Waals surface area contributed by atoms with Crippen LogP contribution in [-0.4, -0.2) is 74.2 Å². The molecule has 2 saturated heterocycles. The van der Waals surface area contributed by atoms with Crippen LogP contribution in [0.3, 0.4) is 0 Å². The minimum atomic E-state index is 0. The van der Waals surface area contributed by atoms with E-state index >= 15 is 0 Å². The minimum absolute atomic E-state index is 0. The van der Waals surface area contributed by atoms with Crippen molar-refractivity contribution in [3.05, 3.63) is 0 Å². The monoisotopic (exact) mass is 465 g/mol. The molecular formula is C19H40IN5. The first-order valence-corrected chi connectivity index (χ1v) is 10.0. The summed E-state index contributed by atoms with van der Waals surface area (Å²) in [6, 6.07) is 1.22. The molecule has 2 rings (SSSR count). The van der Waals surface area contributed by atoms with Crippen molar-refractivity contribution in [3.63, 3.8) is 0 Å². The molecule has 148 valence electrons. The molecule has 0 aromatic heterocycles. The largest absolute Gasteiger partial charge is 0.356 e. The molecule has 2 fully saturated rings. The minimum Gasteiger partial charge on any atom is -0.356 e. The van der Waals surface area contributed by atoms with Crippen molar-refractivity contribution < 1.29 is 0 Å². The summed E-state index contributed by atoms with van der Waals surface area (Å²) in [6.45, 7) is 14.1. The number of piperidine rings is 2. The fraction of sp³-hybridized carbons (Fsp3) is 0.947. The van der Waals surface area contributed by atoms with Crippen LogP contribution in [0.2, 0.25) is 0 Å². The summed E-state index contributed by atoms with van der Waals surface area (Å²) in [4.78, 5) is 9.61. The molecule has 25 heavy (non-hydrogen) atoms. The summed E-state index contributed by atoms with van der Waals surface area (Å²) in [5.41, 5.74) is 0. The zero-order valence-electron chi connectivity index (χ0n) is 16.8. The zero-order chi connectivity index (χ0) is 17.4. The van der Waals surface area contributed by atoms with Crippen molar-refractivity contribution in [2.75, 3.05) is 46.3 Å². The Balaban J connectivity index is 0.00000312. The van der Waals surface area contributed by atoms with Gasteiger partial charge in [0, 0.05) is 45.3 Å². The third-order valence-electron chi connectivity index (χ3n) is 5.46. The van der Waals surface area contributed by atoms with E-state index in [9.17, 15) is 0 Å². The highest BCUT2D eigenvalue weighted by atomic mass is 127. The number of rotatable bonds is 6. The van der Waals surface area contributed by atoms with Crippen molar-refractivity contribution in [3.8, 4) is 0 Å². The van der Waals surface area contributed by atoms with Crippen LogP contribution in [-0.2, 0) is 0 Å². The van der Waals surface area contributed by atoms with E-state index < -0.39 is 0 Å². The molecule has 2 aliphatic heterocycles. The van der Waals surface area contributed by atoms with Gasteiger partial charge in [-0.1, -0.05) is 13.3 Å². The number of hydrogen-bond donors (Lipinski definition) is 2. The second-order valence-electron chi connectivity index (χ2n) is 7.97. The Morgan fingerprint density at radius 2 is 1.68 bits per heavy atom. The molecule has 0 bridgehead atoms. The van der Waals surface area contributed by atoms with Gasteiger partial charge in [-0.25, -0.2) is 0 Å². The standard InChI is InChI=1S/C19H39N5.HI/c1-16(2)24-12-8-18(9-13-24)22-19(20-4)21-14-17(3)15-23-10-6-5-7-11-23;/h16-18H,5-15H2,1-4H3,(H2,20,21,22);1H. The molecule has 0 spiro atoms. The van der Waals surface area contributed by atoms with Crippen molar-refractivity contribution in [1.29, 1.82) is 0 Å². The van der Waals surface area contributed by atoms with E-state index in [1.54, 1.807) is 0 Å². The van der Waals surface area contributed by atoms with Crippen molar-refractivity contribution in [2.45, 2.75) is 65.0 Å². The Bertz CT molecular complexity index is 374. The smallest absolute Gasteiger partial charge is 0.191 e. The van der Waals surface area contributed by atoms with Crippen LogP contribution in [0.25, 0.3) is 0 Å². The average molecular weight is 465 g/mol. The lowest BCUT2D eigenvalue weighted by Gasteiger charge is -2.35. The van der Waals surface area contributed by atoms with E-state index in [1.807, 2.05) is 7.05 Å². The molecule has 2 N–H and O–H groups in total. The van der Waals surface area contributed by atoms with Gasteiger partial charge in [0.05, 0.1) is 0 Å². The molecule has 0 amide bonds. The van der Waals surface area contributed by atoms with Gasteiger partial charge >= 0.3 is 0 Å². The first-order chi connectivity index (χ1) is 11.6. The number of likely N-dealkylation sites (tertiary alicyclic amines) is 2. The van der Waals surface area contributed by atoms with Crippen LogP contribution in [0.5, 0.6) is 0 Å². The Labute approximate surface area is 172 Å². The number of nitrogens with zero attached hydrogens (tertiary/aromatic N) is 3. The molecular weight excluding hydrogens is 425 g/mol. The summed E-state index contributed by atoms with van der Waals surface area (Å²) in [6.07, 6.45) is 6.58. The van der Waals surface area contributed by atoms with E-state index in [2.05, 4.69) is 46.2 Å². The third-order valence-corrected chi connectivity index (χ3v) is 5.46. The SMILES string of the molecule is CN=C(NCC(C)CN1CCCCC1)NC1CCN(C(C)C)CC1.I. The quantitative estimate of drug-likeness (QED) is 0.360. The lowest BCUT2D eigenvalue weighted by molar-refractivity contribution is 0.167. The van der Waals surface area contributed by atoms with Crippen molar-refractivity contribution in [2.24, 2.45) is 10.9 Å².